The second-order valence-electron chi connectivity index (χ2n) is 8.15. The molecule has 0 radical (unpaired) electrons. The highest BCUT2D eigenvalue weighted by molar-refractivity contribution is 6.30. The second-order valence-corrected chi connectivity index (χ2v) is 9.02. The predicted molar refractivity (Wildman–Crippen MR) is 119 cm³/mol. The van der Waals surface area contributed by atoms with E-state index in [0.29, 0.717) is 0 Å². The van der Waals surface area contributed by atoms with Crippen molar-refractivity contribution >= 4 is 23.2 Å². The van der Waals surface area contributed by atoms with Crippen LogP contribution >= 0.6 is 23.2 Å². The van der Waals surface area contributed by atoms with Gasteiger partial charge in [0.2, 0.25) is 0 Å². The summed E-state index contributed by atoms with van der Waals surface area (Å²) in [5.74, 6) is 0.242. The summed E-state index contributed by atoms with van der Waals surface area (Å²) in [6, 6.07) is 16.2. The molecule has 0 bridgehead atoms. The van der Waals surface area contributed by atoms with E-state index in [4.69, 9.17) is 23.2 Å². The molecule has 4 heteroatoms. The fourth-order valence-corrected chi connectivity index (χ4v) is 5.22. The van der Waals surface area contributed by atoms with Gasteiger partial charge in [-0.1, -0.05) is 81.1 Å². The molecule has 0 saturated carbocycles. The van der Waals surface area contributed by atoms with E-state index in [2.05, 4.69) is 50.4 Å². The first-order valence-corrected chi connectivity index (χ1v) is 11.2. The van der Waals surface area contributed by atoms with Crippen molar-refractivity contribution in [2.24, 2.45) is 11.8 Å². The topological polar surface area (TPSA) is 32.3 Å². The summed E-state index contributed by atoms with van der Waals surface area (Å²) < 4.78 is 0. The zero-order valence-corrected chi connectivity index (χ0v) is 18.5. The van der Waals surface area contributed by atoms with Crippen LogP contribution in [-0.4, -0.2) is 10.7 Å². The van der Waals surface area contributed by atoms with E-state index < -0.39 is 5.60 Å². The van der Waals surface area contributed by atoms with Crippen LogP contribution in [0, 0.1) is 11.8 Å². The third-order valence-corrected chi connectivity index (χ3v) is 6.90. The first kappa shape index (κ1) is 21.6. The van der Waals surface area contributed by atoms with E-state index in [-0.39, 0.29) is 23.9 Å². The minimum absolute atomic E-state index is 0.0580. The van der Waals surface area contributed by atoms with Crippen molar-refractivity contribution in [2.75, 3.05) is 0 Å². The Kier molecular flexibility index (Phi) is 7.09. The van der Waals surface area contributed by atoms with Gasteiger partial charge in [-0.2, -0.15) is 0 Å². The number of benzene rings is 2. The van der Waals surface area contributed by atoms with Gasteiger partial charge in [-0.3, -0.25) is 0 Å². The third-order valence-electron chi connectivity index (χ3n) is 6.40. The Morgan fingerprint density at radius 2 is 1.36 bits per heavy atom. The molecule has 3 rings (SSSR count). The quantitative estimate of drug-likeness (QED) is 0.529. The summed E-state index contributed by atoms with van der Waals surface area (Å²) >= 11 is 12.2. The van der Waals surface area contributed by atoms with Crippen LogP contribution in [0.5, 0.6) is 0 Å². The third kappa shape index (κ3) is 4.26. The summed E-state index contributed by atoms with van der Waals surface area (Å²) in [5.41, 5.74) is 1.62. The van der Waals surface area contributed by atoms with Crippen LogP contribution < -0.4 is 5.32 Å². The molecule has 1 aliphatic heterocycles. The van der Waals surface area contributed by atoms with Gasteiger partial charge in [-0.15, -0.1) is 0 Å². The lowest BCUT2D eigenvalue weighted by Gasteiger charge is -2.53. The van der Waals surface area contributed by atoms with Crippen molar-refractivity contribution in [3.63, 3.8) is 0 Å². The average molecular weight is 420 g/mol. The number of aliphatic hydroxyl groups is 1. The van der Waals surface area contributed by atoms with Crippen molar-refractivity contribution in [1.82, 2.24) is 5.32 Å². The van der Waals surface area contributed by atoms with Crippen LogP contribution in [0.3, 0.4) is 0 Å². The van der Waals surface area contributed by atoms with Crippen molar-refractivity contribution in [2.45, 2.75) is 64.1 Å². The van der Waals surface area contributed by atoms with E-state index in [9.17, 15) is 5.11 Å². The van der Waals surface area contributed by atoms with Crippen LogP contribution in [0.1, 0.15) is 69.7 Å². The van der Waals surface area contributed by atoms with Gasteiger partial charge in [0, 0.05) is 34.0 Å². The molecule has 0 amide bonds. The smallest absolute Gasteiger partial charge is 0.0737 e. The molecule has 1 aliphatic rings. The van der Waals surface area contributed by atoms with E-state index in [1.165, 1.54) is 11.1 Å². The Hall–Kier alpha value is -1.06. The maximum absolute atomic E-state index is 12.0. The molecule has 2 nitrogen and oxygen atoms in total. The van der Waals surface area contributed by atoms with Gasteiger partial charge < -0.3 is 10.4 Å². The summed E-state index contributed by atoms with van der Waals surface area (Å²) in [6.45, 7) is 6.54. The van der Waals surface area contributed by atoms with Gasteiger partial charge in [0.15, 0.2) is 0 Å². The summed E-state index contributed by atoms with van der Waals surface area (Å²) in [4.78, 5) is 0. The van der Waals surface area contributed by atoms with Crippen molar-refractivity contribution in [3.05, 3.63) is 69.7 Å². The summed E-state index contributed by atoms with van der Waals surface area (Å²) in [6.07, 6.45) is 3.78. The molecular formula is C24H31Cl2NO. The fraction of sp³-hybridized carbons (Fsp3) is 0.500. The van der Waals surface area contributed by atoms with Crippen LogP contribution in [-0.2, 0) is 0 Å². The molecule has 1 fully saturated rings. The minimum atomic E-state index is -0.732. The Bertz CT molecular complexity index is 761. The monoisotopic (exact) mass is 419 g/mol. The van der Waals surface area contributed by atoms with Crippen LogP contribution in [0.25, 0.3) is 0 Å². The van der Waals surface area contributed by atoms with Gasteiger partial charge in [0.25, 0.3) is 0 Å². The van der Waals surface area contributed by atoms with Gasteiger partial charge in [-0.25, -0.2) is 0 Å². The van der Waals surface area contributed by atoms with E-state index >= 15 is 0 Å². The molecule has 1 saturated heterocycles. The van der Waals surface area contributed by atoms with Crippen LogP contribution in [0.4, 0.5) is 0 Å². The molecule has 0 unspecified atom stereocenters. The lowest BCUT2D eigenvalue weighted by atomic mass is 9.62. The first-order valence-electron chi connectivity index (χ1n) is 10.4. The SMILES string of the molecule is CCC[C@@H]1[C@@H](c2ccc(Cl)cc2)N[C@H](c2ccc(Cl)cc2)[C@H](C)[C@]1(O)CCC. The predicted octanol–water partition coefficient (Wildman–Crippen LogP) is 6.96. The number of nitrogens with one attached hydrogen (secondary N) is 1. The minimum Gasteiger partial charge on any atom is -0.389 e. The Labute approximate surface area is 179 Å². The molecule has 0 spiro atoms. The van der Waals surface area contributed by atoms with E-state index in [1.807, 2.05) is 24.3 Å². The molecule has 0 aromatic heterocycles. The first-order chi connectivity index (χ1) is 13.4. The molecule has 5 atom stereocenters. The van der Waals surface area contributed by atoms with E-state index in [1.54, 1.807) is 0 Å². The van der Waals surface area contributed by atoms with Crippen LogP contribution in [0.2, 0.25) is 10.0 Å². The Morgan fingerprint density at radius 1 is 0.857 bits per heavy atom. The molecule has 1 heterocycles. The number of rotatable bonds is 6. The normalized spacial score (nSPS) is 30.4. The van der Waals surface area contributed by atoms with Crippen molar-refractivity contribution in [3.8, 4) is 0 Å². The van der Waals surface area contributed by atoms with Crippen molar-refractivity contribution < 1.29 is 5.11 Å². The highest BCUT2D eigenvalue weighted by atomic mass is 35.5. The van der Waals surface area contributed by atoms with Crippen molar-refractivity contribution in [1.29, 1.82) is 0 Å². The molecule has 28 heavy (non-hydrogen) atoms. The number of hydrogen-bond donors (Lipinski definition) is 2. The Morgan fingerprint density at radius 3 is 1.82 bits per heavy atom. The highest BCUT2D eigenvalue weighted by Crippen LogP contribution is 2.50. The average Bonchev–Trinajstić information content (AvgIpc) is 2.68. The molecule has 152 valence electrons. The lowest BCUT2D eigenvalue weighted by Crippen LogP contribution is -2.58. The fourth-order valence-electron chi connectivity index (χ4n) is 4.96. The molecular weight excluding hydrogens is 389 g/mol. The van der Waals surface area contributed by atoms with Gasteiger partial charge in [0.1, 0.15) is 0 Å². The summed E-state index contributed by atoms with van der Waals surface area (Å²) in [5, 5.41) is 17.4. The Balaban J connectivity index is 2.06. The maximum Gasteiger partial charge on any atom is 0.0737 e. The lowest BCUT2D eigenvalue weighted by molar-refractivity contribution is -0.125. The van der Waals surface area contributed by atoms with Gasteiger partial charge in [0.05, 0.1) is 5.60 Å². The molecule has 0 aliphatic carbocycles. The highest BCUT2D eigenvalue weighted by Gasteiger charge is 2.51. The molecule has 2 aromatic carbocycles. The molecule has 2 N–H and O–H groups in total. The molecule has 2 aromatic rings. The van der Waals surface area contributed by atoms with Gasteiger partial charge in [-0.05, 0) is 48.2 Å². The number of hydrogen-bond acceptors (Lipinski definition) is 2. The number of piperidine rings is 1. The van der Waals surface area contributed by atoms with Gasteiger partial charge >= 0.3 is 0 Å². The zero-order chi connectivity index (χ0) is 20.3. The second kappa shape index (κ2) is 9.17. The van der Waals surface area contributed by atoms with E-state index in [0.717, 1.165) is 35.7 Å². The van der Waals surface area contributed by atoms with Crippen LogP contribution in [0.15, 0.2) is 48.5 Å². The summed E-state index contributed by atoms with van der Waals surface area (Å²) in [7, 11) is 0. The maximum atomic E-state index is 12.0. The number of halogens is 2. The zero-order valence-electron chi connectivity index (χ0n) is 17.0. The largest absolute Gasteiger partial charge is 0.389 e. The standard InChI is InChI=1S/C24H31Cl2NO/c1-4-6-21-23(18-9-13-20(26)14-10-18)27-22(16(3)24(21,28)15-5-2)17-7-11-19(25)12-8-17/h7-14,16,21-23,27-28H,4-6,15H2,1-3H3/t16-,21+,22-,23+,24+/m0/s1.